The second kappa shape index (κ2) is 5.09. The van der Waals surface area contributed by atoms with Crippen molar-refractivity contribution >= 4 is 5.91 Å². The van der Waals surface area contributed by atoms with Gasteiger partial charge in [-0.3, -0.25) is 4.79 Å². The number of rotatable bonds is 3. The highest BCUT2D eigenvalue weighted by atomic mass is 16.7. The Morgan fingerprint density at radius 3 is 3.00 bits per heavy atom. The number of ether oxygens (including phenoxy) is 2. The number of hydrogen-bond donors (Lipinski definition) is 1. The van der Waals surface area contributed by atoms with Crippen LogP contribution in [-0.2, 0) is 11.2 Å². The molecule has 5 heteroatoms. The summed E-state index contributed by atoms with van der Waals surface area (Å²) in [7, 11) is 0. The van der Waals surface area contributed by atoms with Gasteiger partial charge in [0, 0.05) is 13.1 Å². The van der Waals surface area contributed by atoms with Crippen molar-refractivity contribution in [2.45, 2.75) is 12.8 Å². The largest absolute Gasteiger partial charge is 0.454 e. The molecule has 2 N–H and O–H groups in total. The highest BCUT2D eigenvalue weighted by molar-refractivity contribution is 5.79. The van der Waals surface area contributed by atoms with Gasteiger partial charge in [-0.2, -0.15) is 0 Å². The molecule has 0 aromatic heterocycles. The van der Waals surface area contributed by atoms with Gasteiger partial charge in [0.1, 0.15) is 0 Å². The summed E-state index contributed by atoms with van der Waals surface area (Å²) in [4.78, 5) is 14.1. The summed E-state index contributed by atoms with van der Waals surface area (Å²) in [6.45, 7) is 2.54. The number of carbonyl (C=O) groups is 1. The lowest BCUT2D eigenvalue weighted by atomic mass is 10.1. The van der Waals surface area contributed by atoms with Gasteiger partial charge in [-0.15, -0.1) is 0 Å². The summed E-state index contributed by atoms with van der Waals surface area (Å²) >= 11 is 0. The topological polar surface area (TPSA) is 64.8 Å². The van der Waals surface area contributed by atoms with Crippen LogP contribution in [0.25, 0.3) is 0 Å². The summed E-state index contributed by atoms with van der Waals surface area (Å²) in [5, 5.41) is 0. The molecule has 1 fully saturated rings. The molecule has 1 aromatic rings. The maximum absolute atomic E-state index is 12.2. The molecule has 19 heavy (non-hydrogen) atoms. The minimum atomic E-state index is 0.162. The van der Waals surface area contributed by atoms with Gasteiger partial charge in [-0.25, -0.2) is 0 Å². The van der Waals surface area contributed by atoms with Crippen LogP contribution >= 0.6 is 0 Å². The molecule has 0 radical (unpaired) electrons. The monoisotopic (exact) mass is 262 g/mol. The Labute approximate surface area is 112 Å². The van der Waals surface area contributed by atoms with E-state index in [2.05, 4.69) is 0 Å². The molecule has 0 bridgehead atoms. The van der Waals surface area contributed by atoms with Crippen molar-refractivity contribution in [3.63, 3.8) is 0 Å². The van der Waals surface area contributed by atoms with Gasteiger partial charge in [0.05, 0.1) is 6.42 Å². The molecule has 1 atom stereocenters. The Morgan fingerprint density at radius 2 is 2.21 bits per heavy atom. The van der Waals surface area contributed by atoms with Crippen molar-refractivity contribution < 1.29 is 14.3 Å². The molecule has 5 nitrogen and oxygen atoms in total. The number of amides is 1. The molecule has 0 spiro atoms. The fourth-order valence-electron chi connectivity index (χ4n) is 2.59. The third kappa shape index (κ3) is 2.51. The Balaban J connectivity index is 1.63. The average molecular weight is 262 g/mol. The van der Waals surface area contributed by atoms with Gasteiger partial charge in [-0.1, -0.05) is 6.07 Å². The Bertz CT molecular complexity index is 490. The molecule has 1 aromatic carbocycles. The van der Waals surface area contributed by atoms with E-state index in [-0.39, 0.29) is 12.7 Å². The third-order valence-electron chi connectivity index (χ3n) is 3.76. The van der Waals surface area contributed by atoms with Crippen molar-refractivity contribution in [3.05, 3.63) is 23.8 Å². The van der Waals surface area contributed by atoms with Crippen molar-refractivity contribution in [3.8, 4) is 11.5 Å². The molecule has 2 heterocycles. The van der Waals surface area contributed by atoms with Crippen molar-refractivity contribution in [2.24, 2.45) is 11.7 Å². The first-order chi connectivity index (χ1) is 9.26. The fourth-order valence-corrected chi connectivity index (χ4v) is 2.59. The number of carbonyl (C=O) groups excluding carboxylic acids is 1. The molecule has 0 saturated carbocycles. The molecule has 1 amide bonds. The van der Waals surface area contributed by atoms with Crippen LogP contribution in [0, 0.1) is 5.92 Å². The molecule has 3 rings (SSSR count). The smallest absolute Gasteiger partial charge is 0.231 e. The molecular formula is C14H18N2O3. The van der Waals surface area contributed by atoms with Crippen molar-refractivity contribution in [1.29, 1.82) is 0 Å². The van der Waals surface area contributed by atoms with Crippen LogP contribution in [0.15, 0.2) is 18.2 Å². The van der Waals surface area contributed by atoms with Crippen molar-refractivity contribution in [1.82, 2.24) is 4.90 Å². The van der Waals surface area contributed by atoms with E-state index in [1.807, 2.05) is 23.1 Å². The zero-order valence-corrected chi connectivity index (χ0v) is 10.8. The second-order valence-corrected chi connectivity index (χ2v) is 5.09. The van der Waals surface area contributed by atoms with E-state index in [4.69, 9.17) is 15.2 Å². The first-order valence-corrected chi connectivity index (χ1v) is 6.62. The minimum Gasteiger partial charge on any atom is -0.454 e. The summed E-state index contributed by atoms with van der Waals surface area (Å²) in [5.74, 6) is 2.10. The highest BCUT2D eigenvalue weighted by Gasteiger charge is 2.25. The molecule has 0 aliphatic carbocycles. The van der Waals surface area contributed by atoms with E-state index in [0.29, 0.717) is 18.9 Å². The lowest BCUT2D eigenvalue weighted by molar-refractivity contribution is -0.129. The van der Waals surface area contributed by atoms with E-state index < -0.39 is 0 Å². The zero-order valence-electron chi connectivity index (χ0n) is 10.8. The number of nitrogens with zero attached hydrogens (tertiary/aromatic N) is 1. The minimum absolute atomic E-state index is 0.162. The summed E-state index contributed by atoms with van der Waals surface area (Å²) in [6, 6.07) is 5.66. The first-order valence-electron chi connectivity index (χ1n) is 6.62. The van der Waals surface area contributed by atoms with Crippen LogP contribution in [0.3, 0.4) is 0 Å². The van der Waals surface area contributed by atoms with E-state index in [1.165, 1.54) is 0 Å². The number of benzene rings is 1. The average Bonchev–Trinajstić information content (AvgIpc) is 3.06. The van der Waals surface area contributed by atoms with Gasteiger partial charge in [-0.05, 0) is 36.6 Å². The molecule has 2 aliphatic rings. The van der Waals surface area contributed by atoms with Gasteiger partial charge in [0.15, 0.2) is 11.5 Å². The van der Waals surface area contributed by atoms with Gasteiger partial charge >= 0.3 is 0 Å². The predicted molar refractivity (Wildman–Crippen MR) is 70.0 cm³/mol. The maximum atomic E-state index is 12.2. The summed E-state index contributed by atoms with van der Waals surface area (Å²) in [6.07, 6.45) is 1.43. The van der Waals surface area contributed by atoms with Crippen LogP contribution in [-0.4, -0.2) is 37.2 Å². The van der Waals surface area contributed by atoms with E-state index in [9.17, 15) is 4.79 Å². The number of hydrogen-bond acceptors (Lipinski definition) is 4. The third-order valence-corrected chi connectivity index (χ3v) is 3.76. The molecular weight excluding hydrogens is 244 g/mol. The lowest BCUT2D eigenvalue weighted by Gasteiger charge is -2.16. The second-order valence-electron chi connectivity index (χ2n) is 5.09. The lowest BCUT2D eigenvalue weighted by Crippen LogP contribution is -2.31. The van der Waals surface area contributed by atoms with Crippen LogP contribution in [0.1, 0.15) is 12.0 Å². The van der Waals surface area contributed by atoms with Crippen LogP contribution < -0.4 is 15.2 Å². The Hall–Kier alpha value is -1.75. The van der Waals surface area contributed by atoms with Gasteiger partial charge < -0.3 is 20.1 Å². The number of nitrogens with two attached hydrogens (primary N) is 1. The maximum Gasteiger partial charge on any atom is 0.231 e. The van der Waals surface area contributed by atoms with E-state index in [1.54, 1.807) is 0 Å². The summed E-state index contributed by atoms with van der Waals surface area (Å²) in [5.41, 5.74) is 6.61. The SMILES string of the molecule is NCC1CCN(C(=O)Cc2ccc3c(c2)OCO3)C1. The number of likely N-dealkylation sites (tertiary alicyclic amines) is 1. The van der Waals surface area contributed by atoms with Gasteiger partial charge in [0.25, 0.3) is 0 Å². The first kappa shape index (κ1) is 12.3. The zero-order chi connectivity index (χ0) is 13.2. The fraction of sp³-hybridized carbons (Fsp3) is 0.500. The van der Waals surface area contributed by atoms with Crippen LogP contribution in [0.5, 0.6) is 11.5 Å². The number of fused-ring (bicyclic) bond motifs is 1. The normalized spacial score (nSPS) is 20.9. The van der Waals surface area contributed by atoms with Gasteiger partial charge in [0.2, 0.25) is 12.7 Å². The van der Waals surface area contributed by atoms with Crippen LogP contribution in [0.4, 0.5) is 0 Å². The molecule has 102 valence electrons. The van der Waals surface area contributed by atoms with E-state index in [0.717, 1.165) is 36.6 Å². The molecule has 1 saturated heterocycles. The van der Waals surface area contributed by atoms with Crippen LogP contribution in [0.2, 0.25) is 0 Å². The highest BCUT2D eigenvalue weighted by Crippen LogP contribution is 2.32. The molecule has 2 aliphatic heterocycles. The van der Waals surface area contributed by atoms with Crippen molar-refractivity contribution in [2.75, 3.05) is 26.4 Å². The Kier molecular flexibility index (Phi) is 3.29. The summed E-state index contributed by atoms with van der Waals surface area (Å²) < 4.78 is 10.6. The van der Waals surface area contributed by atoms with E-state index >= 15 is 0 Å². The standard InChI is InChI=1S/C14H18N2O3/c15-7-11-3-4-16(8-11)14(17)6-10-1-2-12-13(5-10)19-9-18-12/h1-2,5,11H,3-4,6-9,15H2. The predicted octanol–water partition coefficient (Wildman–Crippen LogP) is 0.765. The Morgan fingerprint density at radius 1 is 1.37 bits per heavy atom. The molecule has 1 unspecified atom stereocenters. The quantitative estimate of drug-likeness (QED) is 0.873.